The van der Waals surface area contributed by atoms with Crippen LogP contribution in [0.15, 0.2) is 54.9 Å². The number of amides is 1. The second-order valence-corrected chi connectivity index (χ2v) is 5.30. The molecule has 0 aliphatic heterocycles. The third-order valence-electron chi connectivity index (χ3n) is 3.33. The number of carbonyl (C=O) groups excluding carboxylic acids is 1. The summed E-state index contributed by atoms with van der Waals surface area (Å²) in [5.41, 5.74) is 2.96. The zero-order valence-electron chi connectivity index (χ0n) is 11.8. The lowest BCUT2D eigenvalue weighted by atomic mass is 10.1. The average Bonchev–Trinajstić information content (AvgIpc) is 2.54. The maximum atomic E-state index is 12.3. The summed E-state index contributed by atoms with van der Waals surface area (Å²) in [5, 5.41) is 3.61. The molecule has 5 heteroatoms. The molecule has 4 nitrogen and oxygen atoms in total. The van der Waals surface area contributed by atoms with Crippen molar-refractivity contribution in [1.82, 2.24) is 15.3 Å². The molecule has 1 heterocycles. The summed E-state index contributed by atoms with van der Waals surface area (Å²) in [6.45, 7) is 0.538. The highest BCUT2D eigenvalue weighted by Gasteiger charge is 2.10. The van der Waals surface area contributed by atoms with Crippen LogP contribution >= 0.6 is 11.6 Å². The number of nitrogens with one attached hydrogen (secondary N) is 1. The maximum absolute atomic E-state index is 12.3. The van der Waals surface area contributed by atoms with E-state index in [1.165, 1.54) is 0 Å². The Bertz CT molecular complexity index is 814. The van der Waals surface area contributed by atoms with Gasteiger partial charge in [-0.2, -0.15) is 0 Å². The maximum Gasteiger partial charge on any atom is 0.253 e. The molecule has 0 spiro atoms. The molecule has 0 bridgehead atoms. The smallest absolute Gasteiger partial charge is 0.253 e. The Balaban J connectivity index is 1.69. The second kappa shape index (κ2) is 6.54. The van der Waals surface area contributed by atoms with Crippen molar-refractivity contribution >= 4 is 28.5 Å². The van der Waals surface area contributed by atoms with Gasteiger partial charge in [0.1, 0.15) is 5.52 Å². The number of carbonyl (C=O) groups is 1. The minimum atomic E-state index is -0.145. The van der Waals surface area contributed by atoms with Crippen molar-refractivity contribution in [3.05, 3.63) is 71.0 Å². The number of hydrogen-bond donors (Lipinski definition) is 1. The lowest BCUT2D eigenvalue weighted by Crippen LogP contribution is -2.26. The van der Waals surface area contributed by atoms with Crippen LogP contribution in [0.2, 0.25) is 5.02 Å². The van der Waals surface area contributed by atoms with Crippen LogP contribution in [0.5, 0.6) is 0 Å². The Hall–Kier alpha value is -2.46. The van der Waals surface area contributed by atoms with Gasteiger partial charge < -0.3 is 5.32 Å². The molecule has 0 radical (unpaired) electrons. The van der Waals surface area contributed by atoms with E-state index in [-0.39, 0.29) is 5.91 Å². The second-order valence-electron chi connectivity index (χ2n) is 4.87. The third-order valence-corrected chi connectivity index (χ3v) is 3.57. The molecule has 1 N–H and O–H groups in total. The first kappa shape index (κ1) is 14.5. The fourth-order valence-electron chi connectivity index (χ4n) is 2.28. The van der Waals surface area contributed by atoms with Crippen LogP contribution in [0.1, 0.15) is 15.9 Å². The van der Waals surface area contributed by atoms with Crippen LogP contribution < -0.4 is 5.32 Å². The van der Waals surface area contributed by atoms with Gasteiger partial charge in [-0.15, -0.1) is 0 Å². The molecule has 1 aromatic heterocycles. The predicted octanol–water partition coefficient (Wildman–Crippen LogP) is 3.26. The number of rotatable bonds is 4. The number of aromatic nitrogens is 2. The van der Waals surface area contributed by atoms with Gasteiger partial charge in [0, 0.05) is 24.0 Å². The van der Waals surface area contributed by atoms with E-state index < -0.39 is 0 Å². The summed E-state index contributed by atoms with van der Waals surface area (Å²) in [5.74, 6) is -0.145. The average molecular weight is 312 g/mol. The monoisotopic (exact) mass is 311 g/mol. The van der Waals surface area contributed by atoms with E-state index in [2.05, 4.69) is 15.3 Å². The summed E-state index contributed by atoms with van der Waals surface area (Å²) in [6, 6.07) is 13.0. The van der Waals surface area contributed by atoms with E-state index in [9.17, 15) is 4.79 Å². The molecule has 0 atom stereocenters. The van der Waals surface area contributed by atoms with Crippen molar-refractivity contribution in [3.63, 3.8) is 0 Å². The fourth-order valence-corrected chi connectivity index (χ4v) is 2.50. The summed E-state index contributed by atoms with van der Waals surface area (Å²) in [6.07, 6.45) is 3.93. The molecule has 22 heavy (non-hydrogen) atoms. The van der Waals surface area contributed by atoms with Gasteiger partial charge in [0.2, 0.25) is 0 Å². The highest BCUT2D eigenvalue weighted by atomic mass is 35.5. The predicted molar refractivity (Wildman–Crippen MR) is 87.0 cm³/mol. The molecular weight excluding hydrogens is 298 g/mol. The van der Waals surface area contributed by atoms with Crippen molar-refractivity contribution in [2.45, 2.75) is 6.42 Å². The molecule has 0 saturated heterocycles. The summed E-state index contributed by atoms with van der Waals surface area (Å²) in [7, 11) is 0. The number of fused-ring (bicyclic) bond motifs is 1. The van der Waals surface area contributed by atoms with Gasteiger partial charge in [-0.3, -0.25) is 14.8 Å². The van der Waals surface area contributed by atoms with Gasteiger partial charge in [-0.05, 0) is 36.2 Å². The van der Waals surface area contributed by atoms with Crippen LogP contribution in [0.25, 0.3) is 11.0 Å². The highest BCUT2D eigenvalue weighted by molar-refractivity contribution is 6.30. The number of para-hydroxylation sites is 1. The Kier molecular flexibility index (Phi) is 4.30. The topological polar surface area (TPSA) is 54.9 Å². The van der Waals surface area contributed by atoms with Gasteiger partial charge in [-0.25, -0.2) is 0 Å². The van der Waals surface area contributed by atoms with Gasteiger partial charge in [0.15, 0.2) is 0 Å². The SMILES string of the molecule is O=C(NCCc1cccc(Cl)c1)c1cccc2nccnc12. The Morgan fingerprint density at radius 2 is 1.91 bits per heavy atom. The molecule has 0 saturated carbocycles. The Morgan fingerprint density at radius 1 is 1.09 bits per heavy atom. The van der Waals surface area contributed by atoms with Gasteiger partial charge >= 0.3 is 0 Å². The van der Waals surface area contributed by atoms with Crippen LogP contribution in [0.3, 0.4) is 0 Å². The molecule has 0 fully saturated rings. The lowest BCUT2D eigenvalue weighted by Gasteiger charge is -2.07. The van der Waals surface area contributed by atoms with E-state index in [1.54, 1.807) is 18.5 Å². The van der Waals surface area contributed by atoms with Crippen LogP contribution in [-0.2, 0) is 6.42 Å². The molecule has 3 aromatic rings. The van der Waals surface area contributed by atoms with Crippen molar-refractivity contribution in [2.24, 2.45) is 0 Å². The zero-order valence-corrected chi connectivity index (χ0v) is 12.5. The number of benzene rings is 2. The van der Waals surface area contributed by atoms with Gasteiger partial charge in [-0.1, -0.05) is 29.8 Å². The van der Waals surface area contributed by atoms with E-state index in [0.29, 0.717) is 28.2 Å². The largest absolute Gasteiger partial charge is 0.352 e. The minimum Gasteiger partial charge on any atom is -0.352 e. The molecule has 0 unspecified atom stereocenters. The van der Waals surface area contributed by atoms with E-state index in [0.717, 1.165) is 12.0 Å². The first-order valence-corrected chi connectivity index (χ1v) is 7.34. The molecule has 0 aliphatic carbocycles. The Labute approximate surface area is 133 Å². The lowest BCUT2D eigenvalue weighted by molar-refractivity contribution is 0.0955. The normalized spacial score (nSPS) is 10.6. The third kappa shape index (κ3) is 3.23. The first-order chi connectivity index (χ1) is 10.7. The molecular formula is C17H14ClN3O. The van der Waals surface area contributed by atoms with Crippen molar-refractivity contribution < 1.29 is 4.79 Å². The molecule has 2 aromatic carbocycles. The summed E-state index contributed by atoms with van der Waals surface area (Å²) < 4.78 is 0. The number of nitrogens with zero attached hydrogens (tertiary/aromatic N) is 2. The highest BCUT2D eigenvalue weighted by Crippen LogP contribution is 2.14. The van der Waals surface area contributed by atoms with Crippen molar-refractivity contribution in [3.8, 4) is 0 Å². The van der Waals surface area contributed by atoms with Gasteiger partial charge in [0.25, 0.3) is 5.91 Å². The molecule has 3 rings (SSSR count). The molecule has 1 amide bonds. The fraction of sp³-hybridized carbons (Fsp3) is 0.118. The van der Waals surface area contributed by atoms with Crippen molar-refractivity contribution in [1.29, 1.82) is 0 Å². The van der Waals surface area contributed by atoms with Gasteiger partial charge in [0.05, 0.1) is 11.1 Å². The molecule has 110 valence electrons. The summed E-state index contributed by atoms with van der Waals surface area (Å²) in [4.78, 5) is 20.8. The quantitative estimate of drug-likeness (QED) is 0.804. The van der Waals surface area contributed by atoms with Crippen LogP contribution in [-0.4, -0.2) is 22.4 Å². The minimum absolute atomic E-state index is 0.145. The van der Waals surface area contributed by atoms with Crippen molar-refractivity contribution in [2.75, 3.05) is 6.54 Å². The van der Waals surface area contributed by atoms with E-state index in [4.69, 9.17) is 11.6 Å². The molecule has 0 aliphatic rings. The number of hydrogen-bond acceptors (Lipinski definition) is 3. The first-order valence-electron chi connectivity index (χ1n) is 6.96. The Morgan fingerprint density at radius 3 is 2.77 bits per heavy atom. The standard InChI is InChI=1S/C17H14ClN3O/c18-13-4-1-3-12(11-13)7-8-21-17(22)14-5-2-6-15-16(14)20-10-9-19-15/h1-6,9-11H,7-8H2,(H,21,22). The van der Waals surface area contributed by atoms with Crippen LogP contribution in [0, 0.1) is 0 Å². The summed E-state index contributed by atoms with van der Waals surface area (Å²) >= 11 is 5.95. The zero-order chi connectivity index (χ0) is 15.4. The number of halogens is 1. The van der Waals surface area contributed by atoms with E-state index >= 15 is 0 Å². The van der Waals surface area contributed by atoms with Crippen LogP contribution in [0.4, 0.5) is 0 Å². The van der Waals surface area contributed by atoms with E-state index in [1.807, 2.05) is 36.4 Å².